The molecule has 2 unspecified atom stereocenters. The topological polar surface area (TPSA) is 78.4 Å². The zero-order chi connectivity index (χ0) is 12.4. The van der Waals surface area contributed by atoms with Gasteiger partial charge in [0.15, 0.2) is 0 Å². The van der Waals surface area contributed by atoms with Gasteiger partial charge in [-0.1, -0.05) is 6.92 Å². The highest BCUT2D eigenvalue weighted by Gasteiger charge is 2.32. The fraction of sp³-hybridized carbons (Fsp3) is 0.455. The van der Waals surface area contributed by atoms with Crippen LogP contribution in [0.5, 0.6) is 0 Å². The minimum absolute atomic E-state index is 0.130. The number of aromatic carboxylic acids is 1. The maximum Gasteiger partial charge on any atom is 0.338 e. The lowest BCUT2D eigenvalue weighted by molar-refractivity contribution is 0.0698. The number of hydrogen-bond donors (Lipinski definition) is 3. The molecule has 1 aliphatic carbocycles. The zero-order valence-electron chi connectivity index (χ0n) is 9.40. The first-order chi connectivity index (χ1) is 8.08. The average molecular weight is 254 g/mol. The molecule has 1 heterocycles. The molecule has 2 atom stereocenters. The lowest BCUT2D eigenvalue weighted by Gasteiger charge is -2.06. The lowest BCUT2D eigenvalue weighted by atomic mass is 10.3. The Morgan fingerprint density at radius 3 is 2.88 bits per heavy atom. The van der Waals surface area contributed by atoms with Gasteiger partial charge in [-0.15, -0.1) is 11.3 Å². The van der Waals surface area contributed by atoms with Crippen LogP contribution >= 0.6 is 11.3 Å². The molecule has 0 spiro atoms. The predicted octanol–water partition coefficient (Wildman–Crippen LogP) is 2.22. The molecule has 92 valence electrons. The predicted molar refractivity (Wildman–Crippen MR) is 65.6 cm³/mol. The van der Waals surface area contributed by atoms with E-state index in [0.717, 1.165) is 6.42 Å². The molecular formula is C11H14N2O3S. The highest BCUT2D eigenvalue weighted by atomic mass is 32.1. The van der Waals surface area contributed by atoms with E-state index >= 15 is 0 Å². The number of nitrogens with one attached hydrogen (secondary N) is 2. The van der Waals surface area contributed by atoms with Crippen LogP contribution in [0.4, 0.5) is 9.80 Å². The molecule has 17 heavy (non-hydrogen) atoms. The standard InChI is InChI=1S/C11H14N2O3S/c1-6-4-7(6)5-12-11(16)13-9-8(10(14)15)2-3-17-9/h2-3,6-7H,4-5H2,1H3,(H,14,15)(H2,12,13,16). The van der Waals surface area contributed by atoms with Crippen molar-refractivity contribution in [3.05, 3.63) is 17.0 Å². The first kappa shape index (κ1) is 11.9. The lowest BCUT2D eigenvalue weighted by Crippen LogP contribution is -2.30. The third-order valence-electron chi connectivity index (χ3n) is 2.92. The molecule has 0 aliphatic heterocycles. The summed E-state index contributed by atoms with van der Waals surface area (Å²) >= 11 is 1.20. The Kier molecular flexibility index (Phi) is 3.33. The van der Waals surface area contributed by atoms with Gasteiger partial charge < -0.3 is 10.4 Å². The molecule has 1 aliphatic rings. The largest absolute Gasteiger partial charge is 0.478 e. The number of thiophene rings is 1. The molecule has 0 aromatic carbocycles. The molecule has 1 fully saturated rings. The molecule has 2 rings (SSSR count). The fourth-order valence-electron chi connectivity index (χ4n) is 1.63. The second kappa shape index (κ2) is 4.75. The minimum atomic E-state index is -1.03. The van der Waals surface area contributed by atoms with Crippen LogP contribution in [0.2, 0.25) is 0 Å². The van der Waals surface area contributed by atoms with Crippen LogP contribution in [0.25, 0.3) is 0 Å². The van der Waals surface area contributed by atoms with Crippen LogP contribution in [0, 0.1) is 11.8 Å². The van der Waals surface area contributed by atoms with E-state index in [2.05, 4.69) is 17.6 Å². The maximum absolute atomic E-state index is 11.5. The van der Waals surface area contributed by atoms with Gasteiger partial charge in [0.05, 0.1) is 5.56 Å². The summed E-state index contributed by atoms with van der Waals surface area (Å²) in [5.74, 6) is 0.229. The van der Waals surface area contributed by atoms with Gasteiger partial charge in [0.2, 0.25) is 0 Å². The summed E-state index contributed by atoms with van der Waals surface area (Å²) in [6, 6.07) is 1.14. The van der Waals surface area contributed by atoms with Crippen LogP contribution in [-0.2, 0) is 0 Å². The molecule has 3 N–H and O–H groups in total. The van der Waals surface area contributed by atoms with Crippen LogP contribution in [0.1, 0.15) is 23.7 Å². The van der Waals surface area contributed by atoms with Crippen LogP contribution in [0.15, 0.2) is 11.4 Å². The molecule has 0 bridgehead atoms. The van der Waals surface area contributed by atoms with Gasteiger partial charge in [-0.05, 0) is 29.7 Å². The Labute approximate surface area is 103 Å². The van der Waals surface area contributed by atoms with Gasteiger partial charge >= 0.3 is 12.0 Å². The van der Waals surface area contributed by atoms with Crippen molar-refractivity contribution in [3.63, 3.8) is 0 Å². The Morgan fingerprint density at radius 1 is 1.59 bits per heavy atom. The summed E-state index contributed by atoms with van der Waals surface area (Å²) in [5.41, 5.74) is 0.130. The van der Waals surface area contributed by atoms with Gasteiger partial charge in [0.1, 0.15) is 5.00 Å². The van der Waals surface area contributed by atoms with Crippen molar-refractivity contribution in [1.82, 2.24) is 5.32 Å². The summed E-state index contributed by atoms with van der Waals surface area (Å²) in [6.07, 6.45) is 1.15. The SMILES string of the molecule is CC1CC1CNC(=O)Nc1sccc1C(=O)O. The van der Waals surface area contributed by atoms with E-state index in [0.29, 0.717) is 23.4 Å². The summed E-state index contributed by atoms with van der Waals surface area (Å²) in [5, 5.41) is 16.2. The number of hydrogen-bond acceptors (Lipinski definition) is 3. The van der Waals surface area contributed by atoms with Crippen molar-refractivity contribution in [1.29, 1.82) is 0 Å². The zero-order valence-corrected chi connectivity index (χ0v) is 10.2. The third-order valence-corrected chi connectivity index (χ3v) is 3.75. The fourth-order valence-corrected chi connectivity index (χ4v) is 2.40. The summed E-state index contributed by atoms with van der Waals surface area (Å²) in [4.78, 5) is 22.3. The molecule has 2 amide bonds. The number of amides is 2. The molecule has 0 radical (unpaired) electrons. The number of rotatable bonds is 4. The number of carbonyl (C=O) groups excluding carboxylic acids is 1. The number of carboxylic acids is 1. The van der Waals surface area contributed by atoms with E-state index < -0.39 is 5.97 Å². The number of carboxylic acid groups (broad SMARTS) is 1. The molecule has 6 heteroatoms. The Morgan fingerprint density at radius 2 is 2.29 bits per heavy atom. The quantitative estimate of drug-likeness (QED) is 0.771. The van der Waals surface area contributed by atoms with Crippen molar-refractivity contribution >= 4 is 28.3 Å². The molecule has 1 aromatic heterocycles. The van der Waals surface area contributed by atoms with E-state index in [9.17, 15) is 9.59 Å². The molecule has 1 saturated carbocycles. The van der Waals surface area contributed by atoms with Crippen molar-refractivity contribution in [2.75, 3.05) is 11.9 Å². The monoisotopic (exact) mass is 254 g/mol. The van der Waals surface area contributed by atoms with Crippen molar-refractivity contribution < 1.29 is 14.7 Å². The Hall–Kier alpha value is -1.56. The number of anilines is 1. The van der Waals surface area contributed by atoms with Crippen molar-refractivity contribution in [2.24, 2.45) is 11.8 Å². The summed E-state index contributed by atoms with van der Waals surface area (Å²) in [7, 11) is 0. The Bertz CT molecular complexity index is 444. The normalized spacial score (nSPS) is 21.9. The summed E-state index contributed by atoms with van der Waals surface area (Å²) < 4.78 is 0. The average Bonchev–Trinajstić information content (AvgIpc) is 2.76. The van der Waals surface area contributed by atoms with E-state index in [1.165, 1.54) is 17.4 Å². The Balaban J connectivity index is 1.85. The van der Waals surface area contributed by atoms with Gasteiger partial charge in [0, 0.05) is 6.54 Å². The first-order valence-corrected chi connectivity index (χ1v) is 6.31. The van der Waals surface area contributed by atoms with E-state index in [1.54, 1.807) is 5.38 Å². The summed E-state index contributed by atoms with van der Waals surface area (Å²) in [6.45, 7) is 2.80. The van der Waals surface area contributed by atoms with Gasteiger partial charge in [-0.2, -0.15) is 0 Å². The smallest absolute Gasteiger partial charge is 0.338 e. The highest BCUT2D eigenvalue weighted by Crippen LogP contribution is 2.36. The molecular weight excluding hydrogens is 240 g/mol. The van der Waals surface area contributed by atoms with Gasteiger partial charge in [-0.25, -0.2) is 9.59 Å². The van der Waals surface area contributed by atoms with Crippen LogP contribution < -0.4 is 10.6 Å². The van der Waals surface area contributed by atoms with E-state index in [1.807, 2.05) is 0 Å². The highest BCUT2D eigenvalue weighted by molar-refractivity contribution is 7.14. The second-order valence-electron chi connectivity index (χ2n) is 4.28. The molecule has 1 aromatic rings. The van der Waals surface area contributed by atoms with E-state index in [-0.39, 0.29) is 11.6 Å². The van der Waals surface area contributed by atoms with Gasteiger partial charge in [-0.3, -0.25) is 5.32 Å². The second-order valence-corrected chi connectivity index (χ2v) is 5.19. The van der Waals surface area contributed by atoms with Crippen molar-refractivity contribution in [3.8, 4) is 0 Å². The molecule has 0 saturated heterocycles. The maximum atomic E-state index is 11.5. The number of carbonyl (C=O) groups is 2. The third kappa shape index (κ3) is 2.97. The van der Waals surface area contributed by atoms with Crippen LogP contribution in [-0.4, -0.2) is 23.7 Å². The van der Waals surface area contributed by atoms with Crippen LogP contribution in [0.3, 0.4) is 0 Å². The minimum Gasteiger partial charge on any atom is -0.478 e. The van der Waals surface area contributed by atoms with E-state index in [4.69, 9.17) is 5.11 Å². The first-order valence-electron chi connectivity index (χ1n) is 5.43. The number of urea groups is 1. The molecule has 5 nitrogen and oxygen atoms in total. The van der Waals surface area contributed by atoms with Gasteiger partial charge in [0.25, 0.3) is 0 Å². The van der Waals surface area contributed by atoms with Crippen molar-refractivity contribution in [2.45, 2.75) is 13.3 Å².